The monoisotopic (exact) mass is 736 g/mol. The molecule has 50 heavy (non-hydrogen) atoms. The van der Waals surface area contributed by atoms with E-state index in [1.54, 1.807) is 20.8 Å². The number of benzene rings is 1. The summed E-state index contributed by atoms with van der Waals surface area (Å²) in [6.45, 7) is 5.52. The SMILES string of the molecule is CC(C)(C)N1C(=O)C[C@@H](C(=O)OCCCCCc2cc(-c3ccc(Cl)cc3)[nH]c2C=C2SC(=S)N(C3C4CC5CC(C4)CC3C5)C2=O)NC1=O. The van der Waals surface area contributed by atoms with E-state index in [1.807, 2.05) is 35.2 Å². The first-order valence-electron chi connectivity index (χ1n) is 17.9. The zero-order chi connectivity index (χ0) is 35.3. The number of aryl methyl sites for hydroxylation is 1. The molecule has 2 aromatic rings. The number of aromatic amines is 1. The normalized spacial score (nSPS) is 28.6. The zero-order valence-corrected chi connectivity index (χ0v) is 31.2. The van der Waals surface area contributed by atoms with Gasteiger partial charge < -0.3 is 15.0 Å². The topological polar surface area (TPSA) is 112 Å². The molecule has 12 heteroatoms. The van der Waals surface area contributed by atoms with Gasteiger partial charge in [0.2, 0.25) is 5.91 Å². The summed E-state index contributed by atoms with van der Waals surface area (Å²) >= 11 is 13.5. The largest absolute Gasteiger partial charge is 0.464 e. The number of amides is 4. The number of H-pyrrole nitrogens is 1. The van der Waals surface area contributed by atoms with Gasteiger partial charge in [0.15, 0.2) is 0 Å². The van der Waals surface area contributed by atoms with Gasteiger partial charge in [0, 0.05) is 28.0 Å². The highest BCUT2D eigenvalue weighted by Gasteiger charge is 2.53. The molecule has 0 spiro atoms. The number of thioether (sulfide) groups is 1. The highest BCUT2D eigenvalue weighted by Crippen LogP contribution is 2.56. The summed E-state index contributed by atoms with van der Waals surface area (Å²) in [5.41, 5.74) is 3.27. The van der Waals surface area contributed by atoms with E-state index in [0.717, 1.165) is 58.5 Å². The Morgan fingerprint density at radius 3 is 2.34 bits per heavy atom. The average Bonchev–Trinajstić information content (AvgIpc) is 3.56. The van der Waals surface area contributed by atoms with Crippen LogP contribution in [0, 0.1) is 23.7 Å². The van der Waals surface area contributed by atoms with E-state index in [1.165, 1.54) is 43.9 Å². The molecule has 6 aliphatic rings. The summed E-state index contributed by atoms with van der Waals surface area (Å²) in [6, 6.07) is 8.50. The number of imide groups is 1. The summed E-state index contributed by atoms with van der Waals surface area (Å²) in [5, 5.41) is 3.28. The van der Waals surface area contributed by atoms with Gasteiger partial charge in [-0.2, -0.15) is 0 Å². The van der Waals surface area contributed by atoms with Crippen LogP contribution in [-0.2, 0) is 25.5 Å². The van der Waals surface area contributed by atoms with Gasteiger partial charge >= 0.3 is 12.0 Å². The van der Waals surface area contributed by atoms with E-state index in [4.69, 9.17) is 28.6 Å². The predicted molar refractivity (Wildman–Crippen MR) is 199 cm³/mol. The van der Waals surface area contributed by atoms with E-state index >= 15 is 0 Å². The number of esters is 1. The van der Waals surface area contributed by atoms with E-state index < -0.39 is 29.5 Å². The molecule has 0 radical (unpaired) electrons. The maximum Gasteiger partial charge on any atom is 0.329 e. The number of ether oxygens (including phenoxy) is 1. The first kappa shape index (κ1) is 35.3. The van der Waals surface area contributed by atoms with Crippen LogP contribution in [0.2, 0.25) is 5.02 Å². The zero-order valence-electron chi connectivity index (χ0n) is 28.8. The number of aromatic nitrogens is 1. The summed E-state index contributed by atoms with van der Waals surface area (Å²) in [6.07, 6.45) is 11.2. The summed E-state index contributed by atoms with van der Waals surface area (Å²) in [5.74, 6) is 1.83. The second-order valence-corrected chi connectivity index (χ2v) is 17.8. The predicted octanol–water partition coefficient (Wildman–Crippen LogP) is 7.73. The fraction of sp³-hybridized carbons (Fsp3) is 0.553. The van der Waals surface area contributed by atoms with E-state index in [-0.39, 0.29) is 25.0 Å². The summed E-state index contributed by atoms with van der Waals surface area (Å²) in [7, 11) is 0. The minimum Gasteiger partial charge on any atom is -0.464 e. The molecule has 4 bridgehead atoms. The molecule has 4 amide bonds. The number of nitrogens with one attached hydrogen (secondary N) is 2. The number of rotatable bonds is 10. The van der Waals surface area contributed by atoms with Gasteiger partial charge in [0.25, 0.3) is 5.91 Å². The average molecular weight is 737 g/mol. The number of hydrogen-bond donors (Lipinski definition) is 2. The molecule has 1 aromatic carbocycles. The molecule has 8 rings (SSSR count). The van der Waals surface area contributed by atoms with Crippen molar-refractivity contribution in [2.45, 2.75) is 103 Å². The molecule has 4 saturated carbocycles. The van der Waals surface area contributed by atoms with Crippen LogP contribution in [0.4, 0.5) is 4.79 Å². The van der Waals surface area contributed by atoms with Crippen molar-refractivity contribution >= 4 is 69.8 Å². The van der Waals surface area contributed by atoms with E-state index in [0.29, 0.717) is 32.5 Å². The highest BCUT2D eigenvalue weighted by atomic mass is 35.5. The van der Waals surface area contributed by atoms with Crippen molar-refractivity contribution in [1.82, 2.24) is 20.1 Å². The minimum atomic E-state index is -0.973. The Bertz CT molecular complexity index is 1680. The lowest BCUT2D eigenvalue weighted by molar-refractivity contribution is -0.150. The van der Waals surface area contributed by atoms with Gasteiger partial charge in [-0.25, -0.2) is 9.59 Å². The van der Waals surface area contributed by atoms with Crippen molar-refractivity contribution < 1.29 is 23.9 Å². The second-order valence-electron chi connectivity index (χ2n) is 15.7. The smallest absolute Gasteiger partial charge is 0.329 e. The molecule has 6 fully saturated rings. The van der Waals surface area contributed by atoms with Crippen molar-refractivity contribution in [3.63, 3.8) is 0 Å². The molecule has 3 heterocycles. The number of carbonyl (C=O) groups excluding carboxylic acids is 4. The van der Waals surface area contributed by atoms with E-state index in [2.05, 4.69) is 16.4 Å². The van der Waals surface area contributed by atoms with Crippen molar-refractivity contribution in [1.29, 1.82) is 0 Å². The molecule has 1 aromatic heterocycles. The maximum absolute atomic E-state index is 14.0. The molecule has 0 unspecified atom stereocenters. The van der Waals surface area contributed by atoms with Crippen LogP contribution in [0.25, 0.3) is 17.3 Å². The van der Waals surface area contributed by atoms with Crippen molar-refractivity contribution in [3.8, 4) is 11.3 Å². The van der Waals surface area contributed by atoms with Crippen LogP contribution in [0.1, 0.15) is 89.8 Å². The fourth-order valence-corrected chi connectivity index (χ4v) is 10.6. The summed E-state index contributed by atoms with van der Waals surface area (Å²) in [4.78, 5) is 59.0. The maximum atomic E-state index is 14.0. The third kappa shape index (κ3) is 7.15. The Hall–Kier alpha value is -3.15. The Kier molecular flexibility index (Phi) is 9.95. The van der Waals surface area contributed by atoms with Gasteiger partial charge in [-0.05, 0) is 138 Å². The third-order valence-corrected chi connectivity index (χ3v) is 12.7. The second kappa shape index (κ2) is 14.1. The first-order chi connectivity index (χ1) is 23.9. The van der Waals surface area contributed by atoms with Crippen LogP contribution >= 0.6 is 35.6 Å². The molecular formula is C38H45ClN4O5S2. The molecule has 4 aliphatic carbocycles. The standard InChI is InChI=1S/C38H45ClN4O5S2/c1-38(2,3)43-32(44)20-30(41-36(43)47)35(46)48-12-6-4-5-7-24-18-28(23-8-10-27(39)11-9-23)40-29(24)19-31-34(45)42(37(49)50-31)33-25-14-21-13-22(16-25)17-26(33)15-21/h8-11,18-19,21-22,25-26,30,33,40H,4-7,12-17,20H2,1-3H3,(H,41,47)/t21?,22?,25?,26?,30-,33?/m0/s1. The Morgan fingerprint density at radius 2 is 1.70 bits per heavy atom. The van der Waals surface area contributed by atoms with Gasteiger partial charge in [-0.15, -0.1) is 0 Å². The van der Waals surface area contributed by atoms with Crippen LogP contribution in [-0.4, -0.2) is 67.1 Å². The minimum absolute atomic E-state index is 0.0369. The van der Waals surface area contributed by atoms with Gasteiger partial charge in [-0.1, -0.05) is 47.7 Å². The number of urea groups is 1. The first-order valence-corrected chi connectivity index (χ1v) is 19.5. The van der Waals surface area contributed by atoms with Crippen LogP contribution in [0.3, 0.4) is 0 Å². The Labute approximate surface area is 308 Å². The molecule has 2 N–H and O–H groups in total. The molecular weight excluding hydrogens is 692 g/mol. The third-order valence-electron chi connectivity index (χ3n) is 11.1. The van der Waals surface area contributed by atoms with Gasteiger partial charge in [-0.3, -0.25) is 19.4 Å². The molecule has 1 atom stereocenters. The lowest BCUT2D eigenvalue weighted by Crippen LogP contribution is -2.62. The number of halogens is 1. The Morgan fingerprint density at radius 1 is 1.02 bits per heavy atom. The Balaban J connectivity index is 0.982. The molecule has 266 valence electrons. The fourth-order valence-electron chi connectivity index (χ4n) is 9.15. The highest BCUT2D eigenvalue weighted by molar-refractivity contribution is 8.26. The van der Waals surface area contributed by atoms with Gasteiger partial charge in [0.05, 0.1) is 17.9 Å². The summed E-state index contributed by atoms with van der Waals surface area (Å²) < 4.78 is 6.13. The van der Waals surface area contributed by atoms with Crippen molar-refractivity contribution in [2.24, 2.45) is 23.7 Å². The number of hydrogen-bond acceptors (Lipinski definition) is 7. The number of nitrogens with zero attached hydrogens (tertiary/aromatic N) is 2. The van der Waals surface area contributed by atoms with Crippen LogP contribution in [0.5, 0.6) is 0 Å². The quantitative estimate of drug-likeness (QED) is 0.111. The van der Waals surface area contributed by atoms with E-state index in [9.17, 15) is 19.2 Å². The number of carbonyl (C=O) groups is 4. The lowest BCUT2D eigenvalue weighted by Gasteiger charge is -2.56. The molecule has 2 saturated heterocycles. The van der Waals surface area contributed by atoms with Crippen molar-refractivity contribution in [3.05, 3.63) is 51.5 Å². The number of unbranched alkanes of at least 4 members (excludes halogenated alkanes) is 2. The molecule has 2 aliphatic heterocycles. The van der Waals surface area contributed by atoms with Crippen LogP contribution < -0.4 is 5.32 Å². The molecule has 9 nitrogen and oxygen atoms in total. The number of thiocarbonyl (C=S) groups is 1. The van der Waals surface area contributed by atoms with Crippen LogP contribution in [0.15, 0.2) is 35.2 Å². The van der Waals surface area contributed by atoms with Crippen molar-refractivity contribution in [2.75, 3.05) is 6.61 Å². The lowest BCUT2D eigenvalue weighted by atomic mass is 9.54. The van der Waals surface area contributed by atoms with Gasteiger partial charge in [0.1, 0.15) is 10.4 Å².